The van der Waals surface area contributed by atoms with Gasteiger partial charge in [-0.25, -0.2) is 0 Å². The Kier molecular flexibility index (Phi) is 4.71. The highest BCUT2D eigenvalue weighted by Gasteiger charge is 2.26. The molecule has 0 aromatic heterocycles. The van der Waals surface area contributed by atoms with E-state index in [0.29, 0.717) is 10.9 Å². The lowest BCUT2D eigenvalue weighted by molar-refractivity contribution is 0.0498. The largest absolute Gasteiger partial charge is 0.389 e. The Hall–Kier alpha value is -0.770. The molecule has 1 aliphatic heterocycles. The number of methoxy groups -OCH3 is 1. The predicted octanol–water partition coefficient (Wildman–Crippen LogP) is 3.25. The molecule has 2 rings (SSSR count). The number of benzene rings is 1. The lowest BCUT2D eigenvalue weighted by atomic mass is 9.95. The third kappa shape index (κ3) is 3.22. The molecule has 1 aromatic carbocycles. The number of anilines is 1. The molecule has 0 radical (unpaired) electrons. The van der Waals surface area contributed by atoms with Crippen LogP contribution in [0.3, 0.4) is 0 Å². The van der Waals surface area contributed by atoms with Gasteiger partial charge in [-0.05, 0) is 37.0 Å². The van der Waals surface area contributed by atoms with E-state index in [1.165, 1.54) is 0 Å². The van der Waals surface area contributed by atoms with E-state index in [1.807, 2.05) is 18.2 Å². The highest BCUT2D eigenvalue weighted by molar-refractivity contribution is 6.31. The van der Waals surface area contributed by atoms with Gasteiger partial charge < -0.3 is 14.7 Å². The van der Waals surface area contributed by atoms with E-state index >= 15 is 0 Å². The summed E-state index contributed by atoms with van der Waals surface area (Å²) in [5.74, 6) is 0.591. The van der Waals surface area contributed by atoms with Gasteiger partial charge in [-0.1, -0.05) is 24.6 Å². The Bertz CT molecular complexity index is 436. The number of hydrogen-bond acceptors (Lipinski definition) is 3. The SMILES string of the molecule is COC1CN(c2ccc(C(C)O)c(Cl)c2)CCC1C. The quantitative estimate of drug-likeness (QED) is 0.924. The molecule has 0 bridgehead atoms. The van der Waals surface area contributed by atoms with E-state index in [-0.39, 0.29) is 6.10 Å². The Morgan fingerprint density at radius 2 is 2.21 bits per heavy atom. The molecular weight excluding hydrogens is 262 g/mol. The summed E-state index contributed by atoms with van der Waals surface area (Å²) in [6, 6.07) is 5.87. The van der Waals surface area contributed by atoms with Crippen molar-refractivity contribution in [3.63, 3.8) is 0 Å². The van der Waals surface area contributed by atoms with Gasteiger partial charge in [0.15, 0.2) is 0 Å². The average molecular weight is 284 g/mol. The van der Waals surface area contributed by atoms with Crippen LogP contribution in [-0.4, -0.2) is 31.4 Å². The van der Waals surface area contributed by atoms with Crippen LogP contribution in [0.2, 0.25) is 5.02 Å². The Labute approximate surface area is 120 Å². The zero-order chi connectivity index (χ0) is 14.0. The van der Waals surface area contributed by atoms with E-state index in [1.54, 1.807) is 14.0 Å². The Morgan fingerprint density at radius 1 is 1.47 bits per heavy atom. The van der Waals surface area contributed by atoms with Crippen LogP contribution in [0, 0.1) is 5.92 Å². The van der Waals surface area contributed by atoms with Crippen LogP contribution in [0.4, 0.5) is 5.69 Å². The fourth-order valence-electron chi connectivity index (χ4n) is 2.63. The molecule has 0 amide bonds. The first-order chi connectivity index (χ1) is 9.02. The van der Waals surface area contributed by atoms with E-state index in [2.05, 4.69) is 11.8 Å². The Balaban J connectivity index is 2.16. The molecule has 4 heteroatoms. The first-order valence-corrected chi connectivity index (χ1v) is 7.16. The van der Waals surface area contributed by atoms with Gasteiger partial charge in [0.05, 0.1) is 12.2 Å². The number of halogens is 1. The van der Waals surface area contributed by atoms with Crippen molar-refractivity contribution in [2.45, 2.75) is 32.5 Å². The summed E-state index contributed by atoms with van der Waals surface area (Å²) >= 11 is 6.22. The van der Waals surface area contributed by atoms with Gasteiger partial charge in [-0.3, -0.25) is 0 Å². The molecule has 1 heterocycles. The molecule has 1 aliphatic rings. The molecule has 1 saturated heterocycles. The molecule has 0 aliphatic carbocycles. The molecule has 1 fully saturated rings. The summed E-state index contributed by atoms with van der Waals surface area (Å²) in [4.78, 5) is 2.30. The van der Waals surface area contributed by atoms with Gasteiger partial charge in [0.25, 0.3) is 0 Å². The van der Waals surface area contributed by atoms with Crippen molar-refractivity contribution in [3.05, 3.63) is 28.8 Å². The molecule has 3 nitrogen and oxygen atoms in total. The number of piperidine rings is 1. The molecule has 106 valence electrons. The number of aliphatic hydroxyl groups excluding tert-OH is 1. The molecule has 1 aromatic rings. The topological polar surface area (TPSA) is 32.7 Å². The minimum atomic E-state index is -0.533. The zero-order valence-electron chi connectivity index (χ0n) is 11.8. The van der Waals surface area contributed by atoms with Crippen LogP contribution in [0.25, 0.3) is 0 Å². The lowest BCUT2D eigenvalue weighted by Gasteiger charge is -2.37. The van der Waals surface area contributed by atoms with Gasteiger partial charge >= 0.3 is 0 Å². The minimum absolute atomic E-state index is 0.268. The highest BCUT2D eigenvalue weighted by Crippen LogP contribution is 2.30. The zero-order valence-corrected chi connectivity index (χ0v) is 12.5. The van der Waals surface area contributed by atoms with Crippen molar-refractivity contribution in [2.24, 2.45) is 5.92 Å². The lowest BCUT2D eigenvalue weighted by Crippen LogP contribution is -2.43. The maximum atomic E-state index is 9.60. The summed E-state index contributed by atoms with van der Waals surface area (Å²) in [5.41, 5.74) is 1.88. The fourth-order valence-corrected chi connectivity index (χ4v) is 2.96. The average Bonchev–Trinajstić information content (AvgIpc) is 2.38. The maximum absolute atomic E-state index is 9.60. The van der Waals surface area contributed by atoms with Crippen LogP contribution in [0.1, 0.15) is 31.9 Å². The normalized spacial score (nSPS) is 25.4. The summed E-state index contributed by atoms with van der Waals surface area (Å²) in [6.45, 7) is 5.87. The highest BCUT2D eigenvalue weighted by atomic mass is 35.5. The molecule has 1 N–H and O–H groups in total. The summed E-state index contributed by atoms with van der Waals surface area (Å²) < 4.78 is 5.53. The molecular formula is C15H22ClNO2. The van der Waals surface area contributed by atoms with Crippen LogP contribution < -0.4 is 4.90 Å². The van der Waals surface area contributed by atoms with Crippen LogP contribution in [0.5, 0.6) is 0 Å². The van der Waals surface area contributed by atoms with E-state index in [4.69, 9.17) is 16.3 Å². The third-order valence-corrected chi connectivity index (χ3v) is 4.32. The second-order valence-electron chi connectivity index (χ2n) is 5.37. The van der Waals surface area contributed by atoms with Crippen molar-refractivity contribution in [1.82, 2.24) is 0 Å². The van der Waals surface area contributed by atoms with Crippen molar-refractivity contribution < 1.29 is 9.84 Å². The molecule has 0 saturated carbocycles. The van der Waals surface area contributed by atoms with Gasteiger partial charge in [-0.15, -0.1) is 0 Å². The number of aliphatic hydroxyl groups is 1. The number of nitrogens with zero attached hydrogens (tertiary/aromatic N) is 1. The van der Waals surface area contributed by atoms with Gasteiger partial charge in [0.1, 0.15) is 0 Å². The first kappa shape index (κ1) is 14.6. The van der Waals surface area contributed by atoms with E-state index in [0.717, 1.165) is 30.8 Å². The van der Waals surface area contributed by atoms with Gasteiger partial charge in [-0.2, -0.15) is 0 Å². The summed E-state index contributed by atoms with van der Waals surface area (Å²) in [7, 11) is 1.77. The standard InChI is InChI=1S/C15H22ClNO2/c1-10-6-7-17(9-15(10)19-3)12-4-5-13(11(2)18)14(16)8-12/h4-5,8,10-11,15,18H,6-7,9H2,1-3H3. The van der Waals surface area contributed by atoms with Crippen molar-refractivity contribution >= 4 is 17.3 Å². The van der Waals surface area contributed by atoms with Crippen LogP contribution in [-0.2, 0) is 4.74 Å². The Morgan fingerprint density at radius 3 is 2.79 bits per heavy atom. The number of rotatable bonds is 3. The van der Waals surface area contributed by atoms with Crippen LogP contribution in [0.15, 0.2) is 18.2 Å². The van der Waals surface area contributed by atoms with E-state index < -0.39 is 6.10 Å². The second kappa shape index (κ2) is 6.12. The molecule has 3 unspecified atom stereocenters. The van der Waals surface area contributed by atoms with Gasteiger partial charge in [0, 0.05) is 30.9 Å². The van der Waals surface area contributed by atoms with Gasteiger partial charge in [0.2, 0.25) is 0 Å². The maximum Gasteiger partial charge on any atom is 0.0776 e. The van der Waals surface area contributed by atoms with Crippen LogP contribution >= 0.6 is 11.6 Å². The smallest absolute Gasteiger partial charge is 0.0776 e. The number of hydrogen-bond donors (Lipinski definition) is 1. The number of ether oxygens (including phenoxy) is 1. The summed E-state index contributed by atoms with van der Waals surface area (Å²) in [6.07, 6.45) is 0.854. The molecule has 0 spiro atoms. The van der Waals surface area contributed by atoms with Crippen molar-refractivity contribution in [2.75, 3.05) is 25.1 Å². The minimum Gasteiger partial charge on any atom is -0.389 e. The first-order valence-electron chi connectivity index (χ1n) is 6.78. The molecule has 19 heavy (non-hydrogen) atoms. The molecule has 3 atom stereocenters. The summed E-state index contributed by atoms with van der Waals surface area (Å²) in [5, 5.41) is 10.2. The van der Waals surface area contributed by atoms with Crippen molar-refractivity contribution in [3.8, 4) is 0 Å². The predicted molar refractivity (Wildman–Crippen MR) is 78.9 cm³/mol. The van der Waals surface area contributed by atoms with E-state index in [9.17, 15) is 5.11 Å². The second-order valence-corrected chi connectivity index (χ2v) is 5.78. The fraction of sp³-hybridized carbons (Fsp3) is 0.600. The van der Waals surface area contributed by atoms with Crippen molar-refractivity contribution in [1.29, 1.82) is 0 Å². The third-order valence-electron chi connectivity index (χ3n) is 3.99. The monoisotopic (exact) mass is 283 g/mol.